The highest BCUT2D eigenvalue weighted by Crippen LogP contribution is 2.34. The number of amides is 3. The number of thioether (sulfide) groups is 1. The van der Waals surface area contributed by atoms with Crippen LogP contribution in [0.25, 0.3) is 10.2 Å². The first kappa shape index (κ1) is 21.1. The lowest BCUT2D eigenvalue weighted by atomic mass is 10.2. The average Bonchev–Trinajstić information content (AvgIpc) is 2.92. The Morgan fingerprint density at radius 1 is 1.30 bits per heavy atom. The third-order valence-corrected chi connectivity index (χ3v) is 5.94. The van der Waals surface area contributed by atoms with Gasteiger partial charge >= 0.3 is 12.0 Å². The quantitative estimate of drug-likeness (QED) is 0.410. The molecule has 0 fully saturated rings. The van der Waals surface area contributed by atoms with Crippen LogP contribution in [0.4, 0.5) is 4.79 Å². The zero-order valence-electron chi connectivity index (χ0n) is 15.6. The summed E-state index contributed by atoms with van der Waals surface area (Å²) in [6, 6.07) is -0.655. The number of thiophene rings is 1. The van der Waals surface area contributed by atoms with Crippen molar-refractivity contribution in [2.45, 2.75) is 45.2 Å². The van der Waals surface area contributed by atoms with Crippen molar-refractivity contribution < 1.29 is 19.1 Å². The third kappa shape index (κ3) is 5.90. The van der Waals surface area contributed by atoms with Gasteiger partial charge in [0.25, 0.3) is 5.91 Å². The van der Waals surface area contributed by atoms with E-state index in [4.69, 9.17) is 4.74 Å². The number of fused-ring (bicyclic) bond motifs is 1. The molecule has 1 atom stereocenters. The lowest BCUT2D eigenvalue weighted by molar-refractivity contribution is -0.145. The monoisotopic (exact) mass is 410 g/mol. The average molecular weight is 411 g/mol. The number of ether oxygens (including phenoxy) is 1. The molecule has 2 aromatic heterocycles. The minimum Gasteiger partial charge on any atom is -0.455 e. The van der Waals surface area contributed by atoms with E-state index < -0.39 is 24.5 Å². The van der Waals surface area contributed by atoms with Crippen LogP contribution in [-0.4, -0.2) is 46.3 Å². The molecule has 0 spiro atoms. The van der Waals surface area contributed by atoms with Gasteiger partial charge in [-0.15, -0.1) is 11.3 Å². The molecule has 2 rings (SSSR count). The molecule has 10 heteroatoms. The van der Waals surface area contributed by atoms with Gasteiger partial charge in [0.2, 0.25) is 0 Å². The number of aryl methyl sites for hydroxylation is 2. The van der Waals surface area contributed by atoms with Gasteiger partial charge in [-0.3, -0.25) is 14.9 Å². The number of aromatic nitrogens is 2. The highest BCUT2D eigenvalue weighted by atomic mass is 32.2. The van der Waals surface area contributed by atoms with Crippen LogP contribution in [-0.2, 0) is 14.3 Å². The molecule has 0 aliphatic carbocycles. The Morgan fingerprint density at radius 2 is 2.04 bits per heavy atom. The van der Waals surface area contributed by atoms with Crippen LogP contribution < -0.4 is 10.6 Å². The molecule has 0 saturated carbocycles. The summed E-state index contributed by atoms with van der Waals surface area (Å²) in [6.45, 7) is 7.23. The Labute approximate surface area is 165 Å². The minimum atomic E-state index is -0.678. The summed E-state index contributed by atoms with van der Waals surface area (Å²) in [7, 11) is 0. The number of nitrogens with zero attached hydrogens (tertiary/aromatic N) is 2. The Balaban J connectivity index is 1.82. The second-order valence-electron chi connectivity index (χ2n) is 5.92. The summed E-state index contributed by atoms with van der Waals surface area (Å²) in [6.07, 6.45) is 2.21. The lowest BCUT2D eigenvalue weighted by Crippen LogP contribution is -2.44. The molecule has 0 aliphatic heterocycles. The van der Waals surface area contributed by atoms with Crippen molar-refractivity contribution in [3.8, 4) is 0 Å². The molecule has 0 radical (unpaired) electrons. The number of imide groups is 1. The number of nitrogens with one attached hydrogen (secondary N) is 2. The number of carbonyl (C=O) groups is 3. The number of carbonyl (C=O) groups excluding carboxylic acids is 3. The van der Waals surface area contributed by atoms with Gasteiger partial charge in [0.15, 0.2) is 6.61 Å². The zero-order valence-corrected chi connectivity index (χ0v) is 17.3. The second-order valence-corrected chi connectivity index (χ2v) is 8.09. The number of urea groups is 1. The molecule has 146 valence electrons. The molecular weight excluding hydrogens is 388 g/mol. The molecule has 8 nitrogen and oxygen atoms in total. The first-order valence-electron chi connectivity index (χ1n) is 8.41. The van der Waals surface area contributed by atoms with Crippen LogP contribution in [0.15, 0.2) is 11.4 Å². The van der Waals surface area contributed by atoms with Crippen molar-refractivity contribution in [3.63, 3.8) is 0 Å². The molecule has 0 aromatic carbocycles. The largest absolute Gasteiger partial charge is 0.455 e. The molecule has 0 aliphatic rings. The van der Waals surface area contributed by atoms with Gasteiger partial charge in [-0.25, -0.2) is 14.8 Å². The zero-order chi connectivity index (χ0) is 20.0. The maximum Gasteiger partial charge on any atom is 0.321 e. The molecule has 0 bridgehead atoms. The fraction of sp³-hybridized carbons (Fsp3) is 0.471. The summed E-state index contributed by atoms with van der Waals surface area (Å²) in [5.41, 5.74) is 1.10. The van der Waals surface area contributed by atoms with E-state index in [9.17, 15) is 14.4 Å². The number of rotatable bonds is 7. The van der Waals surface area contributed by atoms with Crippen LogP contribution in [0.3, 0.4) is 0 Å². The highest BCUT2D eigenvalue weighted by Gasteiger charge is 2.15. The molecule has 0 saturated heterocycles. The van der Waals surface area contributed by atoms with Gasteiger partial charge in [-0.2, -0.15) is 0 Å². The van der Waals surface area contributed by atoms with Crippen molar-refractivity contribution in [2.24, 2.45) is 0 Å². The minimum absolute atomic E-state index is 0.00674. The summed E-state index contributed by atoms with van der Waals surface area (Å²) in [5.74, 6) is -1.23. The van der Waals surface area contributed by atoms with Crippen LogP contribution in [0.2, 0.25) is 0 Å². The van der Waals surface area contributed by atoms with E-state index in [1.807, 2.05) is 27.7 Å². The summed E-state index contributed by atoms with van der Waals surface area (Å²) in [5, 5.41) is 6.35. The summed E-state index contributed by atoms with van der Waals surface area (Å²) >= 11 is 2.81. The topological polar surface area (TPSA) is 110 Å². The predicted octanol–water partition coefficient (Wildman–Crippen LogP) is 2.57. The fourth-order valence-corrected chi connectivity index (χ4v) is 4.01. The van der Waals surface area contributed by atoms with Gasteiger partial charge in [0, 0.05) is 16.3 Å². The van der Waals surface area contributed by atoms with Crippen molar-refractivity contribution in [3.05, 3.63) is 16.8 Å². The van der Waals surface area contributed by atoms with Gasteiger partial charge < -0.3 is 10.1 Å². The van der Waals surface area contributed by atoms with Crippen LogP contribution in [0.5, 0.6) is 0 Å². The maximum atomic E-state index is 11.9. The van der Waals surface area contributed by atoms with Crippen LogP contribution in [0, 0.1) is 13.8 Å². The Morgan fingerprint density at radius 3 is 2.74 bits per heavy atom. The molecule has 27 heavy (non-hydrogen) atoms. The van der Waals surface area contributed by atoms with E-state index in [-0.39, 0.29) is 11.8 Å². The predicted molar refractivity (Wildman–Crippen MR) is 105 cm³/mol. The first-order chi connectivity index (χ1) is 12.8. The van der Waals surface area contributed by atoms with Gasteiger partial charge in [0.1, 0.15) is 16.2 Å². The van der Waals surface area contributed by atoms with Crippen LogP contribution in [0.1, 0.15) is 30.7 Å². The van der Waals surface area contributed by atoms with Crippen molar-refractivity contribution in [2.75, 3.05) is 12.4 Å². The van der Waals surface area contributed by atoms with Gasteiger partial charge in [-0.1, -0.05) is 18.7 Å². The molecule has 2 N–H and O–H groups in total. The Kier molecular flexibility index (Phi) is 7.55. The third-order valence-electron chi connectivity index (χ3n) is 3.86. The SMILES string of the molecule is CC[C@@H](C)NC(=O)NC(=O)COC(=O)CSc1ncnc2sc(C)c(C)c12. The number of hydrogen-bond donors (Lipinski definition) is 2. The van der Waals surface area contributed by atoms with E-state index in [1.165, 1.54) is 18.1 Å². The van der Waals surface area contributed by atoms with Crippen molar-refractivity contribution >= 4 is 51.2 Å². The van der Waals surface area contributed by atoms with Crippen LogP contribution >= 0.6 is 23.1 Å². The fourth-order valence-electron chi connectivity index (χ4n) is 2.10. The van der Waals surface area contributed by atoms with Crippen molar-refractivity contribution in [1.82, 2.24) is 20.6 Å². The summed E-state index contributed by atoms with van der Waals surface area (Å²) in [4.78, 5) is 45.6. The molecule has 0 unspecified atom stereocenters. The normalized spacial score (nSPS) is 11.9. The van der Waals surface area contributed by atoms with E-state index >= 15 is 0 Å². The standard InChI is InChI=1S/C17H22N4O4S2/c1-5-9(2)20-17(24)21-12(22)6-25-13(23)7-26-15-14-10(3)11(4)27-16(14)19-8-18-15/h8-9H,5-7H2,1-4H3,(H2,20,21,22,24)/t9-/m1/s1. The van der Waals surface area contributed by atoms with Crippen molar-refractivity contribution in [1.29, 1.82) is 0 Å². The number of esters is 1. The van der Waals surface area contributed by atoms with E-state index in [2.05, 4.69) is 20.6 Å². The van der Waals surface area contributed by atoms with E-state index in [0.717, 1.165) is 27.1 Å². The molecule has 2 aromatic rings. The molecular formula is C17H22N4O4S2. The summed E-state index contributed by atoms with van der Waals surface area (Å²) < 4.78 is 4.91. The molecule has 3 amide bonds. The van der Waals surface area contributed by atoms with E-state index in [0.29, 0.717) is 5.03 Å². The Hall–Kier alpha value is -2.20. The maximum absolute atomic E-state index is 11.9. The first-order valence-corrected chi connectivity index (χ1v) is 10.2. The van der Waals surface area contributed by atoms with Gasteiger partial charge in [0.05, 0.1) is 5.75 Å². The second kappa shape index (κ2) is 9.65. The van der Waals surface area contributed by atoms with Gasteiger partial charge in [-0.05, 0) is 32.8 Å². The lowest BCUT2D eigenvalue weighted by Gasteiger charge is -2.11. The number of hydrogen-bond acceptors (Lipinski definition) is 8. The highest BCUT2D eigenvalue weighted by molar-refractivity contribution is 8.00. The Bertz CT molecular complexity index is 853. The molecule has 2 heterocycles. The smallest absolute Gasteiger partial charge is 0.321 e. The van der Waals surface area contributed by atoms with E-state index in [1.54, 1.807) is 11.3 Å².